The van der Waals surface area contributed by atoms with Gasteiger partial charge in [-0.1, -0.05) is 6.92 Å². The Morgan fingerprint density at radius 2 is 2.17 bits per heavy atom. The first kappa shape index (κ1) is 14.3. The summed E-state index contributed by atoms with van der Waals surface area (Å²) in [5.41, 5.74) is 0. The fourth-order valence-electron chi connectivity index (χ4n) is 2.73. The average Bonchev–Trinajstić information content (AvgIpc) is 3.22. The van der Waals surface area contributed by atoms with Gasteiger partial charge in [0.1, 0.15) is 0 Å². The highest BCUT2D eigenvalue weighted by Crippen LogP contribution is 2.28. The van der Waals surface area contributed by atoms with Gasteiger partial charge in [-0.2, -0.15) is 0 Å². The lowest BCUT2D eigenvalue weighted by Crippen LogP contribution is -2.34. The Hall–Kier alpha value is -0.120. The van der Waals surface area contributed by atoms with Gasteiger partial charge in [0, 0.05) is 13.2 Å². The minimum absolute atomic E-state index is 0.845. The summed E-state index contributed by atoms with van der Waals surface area (Å²) in [6, 6.07) is 0. The lowest BCUT2D eigenvalue weighted by molar-refractivity contribution is 0.125. The number of nitrogens with one attached hydrogen (secondary N) is 2. The molecule has 1 saturated carbocycles. The standard InChI is InChI=1S/C15H30N2O/c1-13(15-3-2-7-17-11-15)6-8-16-9-10-18-12-14-4-5-14/h13-17H,2-12H2,1H3. The number of hydrogen-bond donors (Lipinski definition) is 2. The summed E-state index contributed by atoms with van der Waals surface area (Å²) in [4.78, 5) is 0. The van der Waals surface area contributed by atoms with E-state index in [1.54, 1.807) is 0 Å². The van der Waals surface area contributed by atoms with Crippen molar-refractivity contribution in [1.82, 2.24) is 10.6 Å². The van der Waals surface area contributed by atoms with E-state index in [1.165, 1.54) is 45.2 Å². The second-order valence-electron chi connectivity index (χ2n) is 6.14. The molecule has 0 bridgehead atoms. The zero-order valence-corrected chi connectivity index (χ0v) is 11.9. The third kappa shape index (κ3) is 5.68. The molecule has 0 aromatic carbocycles. The maximum absolute atomic E-state index is 5.61. The monoisotopic (exact) mass is 254 g/mol. The smallest absolute Gasteiger partial charge is 0.0591 e. The molecule has 0 aromatic rings. The summed E-state index contributed by atoms with van der Waals surface area (Å²) < 4.78 is 5.61. The summed E-state index contributed by atoms with van der Waals surface area (Å²) >= 11 is 0. The molecule has 1 aliphatic heterocycles. The molecule has 3 nitrogen and oxygen atoms in total. The van der Waals surface area contributed by atoms with E-state index >= 15 is 0 Å². The van der Waals surface area contributed by atoms with Crippen molar-refractivity contribution in [2.75, 3.05) is 39.4 Å². The first-order valence-electron chi connectivity index (χ1n) is 7.85. The Labute approximate surface area is 112 Å². The molecule has 2 N–H and O–H groups in total. The SMILES string of the molecule is CC(CCNCCOCC1CC1)C1CCCNC1. The molecule has 1 saturated heterocycles. The van der Waals surface area contributed by atoms with E-state index < -0.39 is 0 Å². The van der Waals surface area contributed by atoms with Gasteiger partial charge in [0.15, 0.2) is 0 Å². The number of rotatable bonds is 9. The Kier molecular flexibility index (Phi) is 6.46. The molecule has 2 unspecified atom stereocenters. The highest BCUT2D eigenvalue weighted by atomic mass is 16.5. The van der Waals surface area contributed by atoms with E-state index in [2.05, 4.69) is 17.6 Å². The van der Waals surface area contributed by atoms with Gasteiger partial charge in [-0.3, -0.25) is 0 Å². The highest BCUT2D eigenvalue weighted by Gasteiger charge is 2.21. The van der Waals surface area contributed by atoms with Gasteiger partial charge in [0.25, 0.3) is 0 Å². The molecule has 106 valence electrons. The molecular weight excluding hydrogens is 224 g/mol. The van der Waals surface area contributed by atoms with Crippen LogP contribution in [0.1, 0.15) is 39.0 Å². The van der Waals surface area contributed by atoms with Crippen molar-refractivity contribution in [3.63, 3.8) is 0 Å². The minimum Gasteiger partial charge on any atom is -0.380 e. The number of ether oxygens (including phenoxy) is 1. The van der Waals surface area contributed by atoms with Gasteiger partial charge in [-0.15, -0.1) is 0 Å². The summed E-state index contributed by atoms with van der Waals surface area (Å²) in [6.07, 6.45) is 6.85. The van der Waals surface area contributed by atoms with Crippen LogP contribution in [0.2, 0.25) is 0 Å². The minimum atomic E-state index is 0.845. The normalized spacial score (nSPS) is 26.2. The van der Waals surface area contributed by atoms with Crippen LogP contribution in [0.15, 0.2) is 0 Å². The summed E-state index contributed by atoms with van der Waals surface area (Å²) in [5.74, 6) is 2.63. The molecule has 0 spiro atoms. The van der Waals surface area contributed by atoms with Gasteiger partial charge in [-0.25, -0.2) is 0 Å². The Balaban J connectivity index is 1.39. The van der Waals surface area contributed by atoms with Crippen molar-refractivity contribution in [1.29, 1.82) is 0 Å². The Bertz CT molecular complexity index is 213. The van der Waals surface area contributed by atoms with Gasteiger partial charge >= 0.3 is 0 Å². The van der Waals surface area contributed by atoms with Gasteiger partial charge in [0.2, 0.25) is 0 Å². The van der Waals surface area contributed by atoms with Crippen LogP contribution in [0.3, 0.4) is 0 Å². The third-order valence-corrected chi connectivity index (χ3v) is 4.39. The fourth-order valence-corrected chi connectivity index (χ4v) is 2.73. The van der Waals surface area contributed by atoms with Crippen LogP contribution >= 0.6 is 0 Å². The summed E-state index contributed by atoms with van der Waals surface area (Å²) in [5, 5.41) is 7.01. The van der Waals surface area contributed by atoms with Crippen LogP contribution in [-0.2, 0) is 4.74 Å². The molecule has 3 heteroatoms. The van der Waals surface area contributed by atoms with Crippen LogP contribution in [0.4, 0.5) is 0 Å². The second kappa shape index (κ2) is 8.13. The molecule has 2 rings (SSSR count). The number of hydrogen-bond acceptors (Lipinski definition) is 3. The van der Waals surface area contributed by atoms with Crippen LogP contribution in [0.5, 0.6) is 0 Å². The third-order valence-electron chi connectivity index (χ3n) is 4.39. The van der Waals surface area contributed by atoms with Gasteiger partial charge < -0.3 is 15.4 Å². The van der Waals surface area contributed by atoms with Crippen molar-refractivity contribution in [3.05, 3.63) is 0 Å². The molecule has 2 aliphatic rings. The van der Waals surface area contributed by atoms with Crippen LogP contribution in [0.25, 0.3) is 0 Å². The van der Waals surface area contributed by atoms with Crippen molar-refractivity contribution in [3.8, 4) is 0 Å². The number of piperidine rings is 1. The highest BCUT2D eigenvalue weighted by molar-refractivity contribution is 4.74. The van der Waals surface area contributed by atoms with E-state index in [0.29, 0.717) is 0 Å². The predicted molar refractivity (Wildman–Crippen MR) is 75.8 cm³/mol. The molecule has 18 heavy (non-hydrogen) atoms. The largest absolute Gasteiger partial charge is 0.380 e. The van der Waals surface area contributed by atoms with Gasteiger partial charge in [-0.05, 0) is 69.5 Å². The van der Waals surface area contributed by atoms with Crippen molar-refractivity contribution in [2.24, 2.45) is 17.8 Å². The van der Waals surface area contributed by atoms with Crippen molar-refractivity contribution < 1.29 is 4.74 Å². The fraction of sp³-hybridized carbons (Fsp3) is 1.00. The lowest BCUT2D eigenvalue weighted by atomic mass is 9.85. The molecule has 1 aliphatic carbocycles. The van der Waals surface area contributed by atoms with Crippen LogP contribution < -0.4 is 10.6 Å². The lowest BCUT2D eigenvalue weighted by Gasteiger charge is -2.28. The first-order chi connectivity index (χ1) is 8.86. The van der Waals surface area contributed by atoms with Crippen LogP contribution in [-0.4, -0.2) is 39.4 Å². The molecule has 1 heterocycles. The quantitative estimate of drug-likeness (QED) is 0.618. The zero-order chi connectivity index (χ0) is 12.6. The summed E-state index contributed by atoms with van der Waals surface area (Å²) in [7, 11) is 0. The topological polar surface area (TPSA) is 33.3 Å². The Morgan fingerprint density at radius 3 is 2.89 bits per heavy atom. The van der Waals surface area contributed by atoms with Crippen molar-refractivity contribution >= 4 is 0 Å². The first-order valence-corrected chi connectivity index (χ1v) is 7.85. The molecular formula is C15H30N2O. The van der Waals surface area contributed by atoms with Gasteiger partial charge in [0.05, 0.1) is 6.61 Å². The van der Waals surface area contributed by atoms with E-state index in [-0.39, 0.29) is 0 Å². The molecule has 2 fully saturated rings. The second-order valence-corrected chi connectivity index (χ2v) is 6.14. The summed E-state index contributed by atoms with van der Waals surface area (Å²) in [6.45, 7) is 8.89. The predicted octanol–water partition coefficient (Wildman–Crippen LogP) is 2.03. The van der Waals surface area contributed by atoms with Crippen LogP contribution in [0, 0.1) is 17.8 Å². The zero-order valence-electron chi connectivity index (χ0n) is 11.9. The average molecular weight is 254 g/mol. The maximum Gasteiger partial charge on any atom is 0.0591 e. The molecule has 0 aromatic heterocycles. The maximum atomic E-state index is 5.61. The molecule has 0 amide bonds. The Morgan fingerprint density at radius 1 is 1.28 bits per heavy atom. The molecule has 0 radical (unpaired) electrons. The molecule has 2 atom stereocenters. The van der Waals surface area contributed by atoms with E-state index in [0.717, 1.165) is 44.1 Å². The van der Waals surface area contributed by atoms with E-state index in [9.17, 15) is 0 Å². The van der Waals surface area contributed by atoms with Crippen molar-refractivity contribution in [2.45, 2.75) is 39.0 Å². The van der Waals surface area contributed by atoms with E-state index in [1.807, 2.05) is 0 Å². The van der Waals surface area contributed by atoms with E-state index in [4.69, 9.17) is 4.74 Å².